The summed E-state index contributed by atoms with van der Waals surface area (Å²) in [4.78, 5) is 4.37. The van der Waals surface area contributed by atoms with Gasteiger partial charge in [-0.3, -0.25) is 4.99 Å². The lowest BCUT2D eigenvalue weighted by Crippen LogP contribution is -2.18. The predicted molar refractivity (Wildman–Crippen MR) is 59.6 cm³/mol. The van der Waals surface area contributed by atoms with Crippen LogP contribution >= 0.6 is 11.8 Å². The molecule has 0 spiro atoms. The summed E-state index contributed by atoms with van der Waals surface area (Å²) in [6.45, 7) is 5.88. The fraction of sp³-hybridized carbons (Fsp3) is 0.500. The molecule has 2 heterocycles. The molecule has 1 aliphatic heterocycles. The van der Waals surface area contributed by atoms with Crippen molar-refractivity contribution in [1.82, 2.24) is 5.32 Å². The van der Waals surface area contributed by atoms with Gasteiger partial charge in [-0.15, -0.1) is 0 Å². The first-order chi connectivity index (χ1) is 6.75. The van der Waals surface area contributed by atoms with Gasteiger partial charge in [0.2, 0.25) is 0 Å². The molecule has 0 aromatic carbocycles. The van der Waals surface area contributed by atoms with Crippen molar-refractivity contribution in [1.29, 1.82) is 0 Å². The van der Waals surface area contributed by atoms with Crippen LogP contribution in [-0.2, 0) is 6.54 Å². The molecule has 76 valence electrons. The molecule has 0 saturated carbocycles. The maximum absolute atomic E-state index is 5.32. The largest absolute Gasteiger partial charge is 0.467 e. The molecule has 2 rings (SSSR count). The van der Waals surface area contributed by atoms with Gasteiger partial charge in [0, 0.05) is 5.25 Å². The molecule has 1 atom stereocenters. The minimum atomic E-state index is 0.607. The third-order valence-electron chi connectivity index (χ3n) is 2.17. The van der Waals surface area contributed by atoms with E-state index < -0.39 is 0 Å². The van der Waals surface area contributed by atoms with E-state index in [1.165, 1.54) is 5.56 Å². The quantitative estimate of drug-likeness (QED) is 0.813. The van der Waals surface area contributed by atoms with Crippen LogP contribution in [0.25, 0.3) is 0 Å². The Balaban J connectivity index is 1.86. The van der Waals surface area contributed by atoms with Crippen LogP contribution in [0.15, 0.2) is 21.7 Å². The van der Waals surface area contributed by atoms with E-state index in [1.54, 1.807) is 18.0 Å². The Bertz CT molecular complexity index is 346. The summed E-state index contributed by atoms with van der Waals surface area (Å²) in [5.41, 5.74) is 1.19. The van der Waals surface area contributed by atoms with Crippen molar-refractivity contribution in [2.24, 2.45) is 4.99 Å². The van der Waals surface area contributed by atoms with Gasteiger partial charge in [0.25, 0.3) is 0 Å². The van der Waals surface area contributed by atoms with E-state index in [1.807, 2.05) is 13.0 Å². The molecule has 14 heavy (non-hydrogen) atoms. The summed E-state index contributed by atoms with van der Waals surface area (Å²) in [7, 11) is 0. The maximum Gasteiger partial charge on any atom is 0.157 e. The van der Waals surface area contributed by atoms with Gasteiger partial charge in [-0.25, -0.2) is 0 Å². The highest BCUT2D eigenvalue weighted by Crippen LogP contribution is 2.19. The molecule has 0 bridgehead atoms. The SMILES string of the molecule is Cc1ccoc1CNC1=NCC(C)S1. The average molecular weight is 210 g/mol. The molecular weight excluding hydrogens is 196 g/mol. The Hall–Kier alpha value is -0.900. The zero-order valence-electron chi connectivity index (χ0n) is 8.41. The molecule has 0 amide bonds. The molecule has 1 aromatic rings. The van der Waals surface area contributed by atoms with Crippen LogP contribution in [0.1, 0.15) is 18.2 Å². The molecule has 0 saturated heterocycles. The van der Waals surface area contributed by atoms with Crippen molar-refractivity contribution in [3.05, 3.63) is 23.7 Å². The van der Waals surface area contributed by atoms with E-state index in [0.29, 0.717) is 5.25 Å². The Morgan fingerprint density at radius 2 is 2.57 bits per heavy atom. The summed E-state index contributed by atoms with van der Waals surface area (Å²) in [6, 6.07) is 1.98. The molecule has 3 nitrogen and oxygen atoms in total. The van der Waals surface area contributed by atoms with Crippen LogP contribution in [0.2, 0.25) is 0 Å². The number of aliphatic imine (C=N–C) groups is 1. The van der Waals surface area contributed by atoms with Crippen molar-refractivity contribution < 1.29 is 4.42 Å². The number of aryl methyl sites for hydroxylation is 1. The lowest BCUT2D eigenvalue weighted by molar-refractivity contribution is 0.501. The first-order valence-electron chi connectivity index (χ1n) is 4.73. The highest BCUT2D eigenvalue weighted by Gasteiger charge is 2.14. The highest BCUT2D eigenvalue weighted by molar-refractivity contribution is 8.14. The van der Waals surface area contributed by atoms with Crippen LogP contribution in [0.5, 0.6) is 0 Å². The van der Waals surface area contributed by atoms with Gasteiger partial charge in [-0.1, -0.05) is 18.7 Å². The van der Waals surface area contributed by atoms with E-state index in [-0.39, 0.29) is 0 Å². The molecule has 0 aliphatic carbocycles. The van der Waals surface area contributed by atoms with Crippen molar-refractivity contribution >= 4 is 16.9 Å². The summed E-state index contributed by atoms with van der Waals surface area (Å²) >= 11 is 1.79. The minimum absolute atomic E-state index is 0.607. The lowest BCUT2D eigenvalue weighted by atomic mass is 10.3. The minimum Gasteiger partial charge on any atom is -0.467 e. The fourth-order valence-corrected chi connectivity index (χ4v) is 2.15. The van der Waals surface area contributed by atoms with E-state index in [4.69, 9.17) is 4.42 Å². The monoisotopic (exact) mass is 210 g/mol. The van der Waals surface area contributed by atoms with Crippen LogP contribution in [-0.4, -0.2) is 17.0 Å². The summed E-state index contributed by atoms with van der Waals surface area (Å²) in [6.07, 6.45) is 1.72. The lowest BCUT2D eigenvalue weighted by Gasteiger charge is -2.04. The number of rotatable bonds is 2. The third kappa shape index (κ3) is 2.12. The van der Waals surface area contributed by atoms with Crippen molar-refractivity contribution in [3.63, 3.8) is 0 Å². The molecule has 1 aromatic heterocycles. The number of nitrogens with one attached hydrogen (secondary N) is 1. The standard InChI is InChI=1S/C10H14N2OS/c1-7-3-4-13-9(7)6-12-10-11-5-8(2)14-10/h3-4,8H,5-6H2,1-2H3,(H,11,12). The molecule has 0 radical (unpaired) electrons. The van der Waals surface area contributed by atoms with Crippen molar-refractivity contribution in [2.75, 3.05) is 6.54 Å². The van der Waals surface area contributed by atoms with E-state index in [0.717, 1.165) is 24.0 Å². The number of thioether (sulfide) groups is 1. The molecule has 0 fully saturated rings. The first-order valence-corrected chi connectivity index (χ1v) is 5.61. The van der Waals surface area contributed by atoms with E-state index >= 15 is 0 Å². The normalized spacial score (nSPS) is 21.0. The number of amidine groups is 1. The molecule has 1 N–H and O–H groups in total. The number of furan rings is 1. The van der Waals surface area contributed by atoms with Gasteiger partial charge in [-0.2, -0.15) is 0 Å². The zero-order chi connectivity index (χ0) is 9.97. The van der Waals surface area contributed by atoms with Gasteiger partial charge in [-0.05, 0) is 18.6 Å². The number of nitrogens with zero attached hydrogens (tertiary/aromatic N) is 1. The molecule has 4 heteroatoms. The summed E-state index contributed by atoms with van der Waals surface area (Å²) in [5.74, 6) is 0.993. The Labute approximate surface area is 88.0 Å². The van der Waals surface area contributed by atoms with Crippen LogP contribution < -0.4 is 5.32 Å². The molecular formula is C10H14N2OS. The third-order valence-corrected chi connectivity index (χ3v) is 3.22. The predicted octanol–water partition coefficient (Wildman–Crippen LogP) is 2.17. The summed E-state index contributed by atoms with van der Waals surface area (Å²) in [5, 5.41) is 4.92. The second-order valence-electron chi connectivity index (χ2n) is 3.45. The van der Waals surface area contributed by atoms with Gasteiger partial charge in [0.15, 0.2) is 5.17 Å². The zero-order valence-corrected chi connectivity index (χ0v) is 9.23. The first kappa shape index (κ1) is 9.65. The van der Waals surface area contributed by atoms with Gasteiger partial charge < -0.3 is 9.73 Å². The Kier molecular flexibility index (Phi) is 2.82. The maximum atomic E-state index is 5.32. The Morgan fingerprint density at radius 1 is 1.71 bits per heavy atom. The fourth-order valence-electron chi connectivity index (χ4n) is 1.32. The van der Waals surface area contributed by atoms with E-state index in [9.17, 15) is 0 Å². The smallest absolute Gasteiger partial charge is 0.157 e. The van der Waals surface area contributed by atoms with Gasteiger partial charge in [0.05, 0.1) is 19.4 Å². The van der Waals surface area contributed by atoms with Crippen LogP contribution in [0, 0.1) is 6.92 Å². The summed E-state index contributed by atoms with van der Waals surface area (Å²) < 4.78 is 5.32. The van der Waals surface area contributed by atoms with Crippen molar-refractivity contribution in [3.8, 4) is 0 Å². The highest BCUT2D eigenvalue weighted by atomic mass is 32.2. The van der Waals surface area contributed by atoms with E-state index in [2.05, 4.69) is 17.2 Å². The average Bonchev–Trinajstić information content (AvgIpc) is 2.72. The topological polar surface area (TPSA) is 37.5 Å². The van der Waals surface area contributed by atoms with Crippen LogP contribution in [0.3, 0.4) is 0 Å². The number of hydrogen-bond acceptors (Lipinski definition) is 4. The van der Waals surface area contributed by atoms with Crippen LogP contribution in [0.4, 0.5) is 0 Å². The second-order valence-corrected chi connectivity index (χ2v) is 4.88. The van der Waals surface area contributed by atoms with Gasteiger partial charge >= 0.3 is 0 Å². The number of hydrogen-bond donors (Lipinski definition) is 1. The Morgan fingerprint density at radius 3 is 3.14 bits per heavy atom. The van der Waals surface area contributed by atoms with Gasteiger partial charge in [0.1, 0.15) is 5.76 Å². The second kappa shape index (κ2) is 4.09. The molecule has 1 unspecified atom stereocenters. The van der Waals surface area contributed by atoms with Crippen molar-refractivity contribution in [2.45, 2.75) is 25.6 Å². The molecule has 1 aliphatic rings.